The van der Waals surface area contributed by atoms with Gasteiger partial charge >= 0.3 is 12.4 Å². The minimum absolute atomic E-state index is 0.0951. The van der Waals surface area contributed by atoms with Gasteiger partial charge in [-0.2, -0.15) is 26.3 Å². The summed E-state index contributed by atoms with van der Waals surface area (Å²) in [5.74, 6) is -0.591. The van der Waals surface area contributed by atoms with Crippen LogP contribution in [0.15, 0.2) is 11.6 Å². The summed E-state index contributed by atoms with van der Waals surface area (Å²) in [5, 5.41) is 0. The van der Waals surface area contributed by atoms with Gasteiger partial charge in [-0.15, -0.1) is 0 Å². The molecule has 0 aliphatic carbocycles. The Morgan fingerprint density at radius 2 is 1.33 bits per heavy atom. The lowest BCUT2D eigenvalue weighted by Crippen LogP contribution is -2.39. The predicted molar refractivity (Wildman–Crippen MR) is 107 cm³/mol. The van der Waals surface area contributed by atoms with Crippen LogP contribution in [0, 0.1) is 11.8 Å². The zero-order valence-electron chi connectivity index (χ0n) is 18.9. The molecule has 0 aromatic heterocycles. The SMILES string of the molecule is CC(=CCCC(C)(OCC(F)(F)F)OCC(F)(F)F)CCCC(C)CCCC(C)C. The molecule has 0 aliphatic heterocycles. The number of allylic oxidation sites excluding steroid dienone is 2. The van der Waals surface area contributed by atoms with Gasteiger partial charge in [0.25, 0.3) is 0 Å². The summed E-state index contributed by atoms with van der Waals surface area (Å²) in [5.41, 5.74) is 1.07. The van der Waals surface area contributed by atoms with Crippen LogP contribution < -0.4 is 0 Å². The Kier molecular flexibility index (Phi) is 13.3. The van der Waals surface area contributed by atoms with Gasteiger partial charge < -0.3 is 9.47 Å². The summed E-state index contributed by atoms with van der Waals surface area (Å²) in [6, 6.07) is 0. The van der Waals surface area contributed by atoms with Crippen molar-refractivity contribution in [2.75, 3.05) is 13.2 Å². The number of hydrogen-bond acceptors (Lipinski definition) is 2. The first-order chi connectivity index (χ1) is 13.6. The molecule has 2 nitrogen and oxygen atoms in total. The first-order valence-electron chi connectivity index (χ1n) is 10.7. The Labute approximate surface area is 177 Å². The van der Waals surface area contributed by atoms with Crippen LogP contribution in [0.2, 0.25) is 0 Å². The highest BCUT2D eigenvalue weighted by Crippen LogP contribution is 2.28. The second kappa shape index (κ2) is 13.6. The van der Waals surface area contributed by atoms with E-state index in [0.29, 0.717) is 11.8 Å². The third-order valence-corrected chi connectivity index (χ3v) is 4.92. The number of hydrogen-bond donors (Lipinski definition) is 0. The fourth-order valence-electron chi connectivity index (χ4n) is 3.09. The fraction of sp³-hybridized carbons (Fsp3) is 0.909. The Morgan fingerprint density at radius 3 is 1.80 bits per heavy atom. The lowest BCUT2D eigenvalue weighted by Gasteiger charge is -2.30. The van der Waals surface area contributed by atoms with Crippen molar-refractivity contribution in [3.8, 4) is 0 Å². The molecule has 0 aromatic rings. The highest BCUT2D eigenvalue weighted by molar-refractivity contribution is 4.98. The Hall–Kier alpha value is -0.760. The van der Waals surface area contributed by atoms with Gasteiger partial charge in [-0.1, -0.05) is 58.1 Å². The lowest BCUT2D eigenvalue weighted by molar-refractivity contribution is -0.305. The molecule has 0 saturated heterocycles. The molecule has 30 heavy (non-hydrogen) atoms. The van der Waals surface area contributed by atoms with Gasteiger partial charge in [0.2, 0.25) is 0 Å². The van der Waals surface area contributed by atoms with E-state index in [-0.39, 0.29) is 12.8 Å². The van der Waals surface area contributed by atoms with E-state index in [1.165, 1.54) is 19.3 Å². The summed E-state index contributed by atoms with van der Waals surface area (Å²) in [6.45, 7) is 6.40. The summed E-state index contributed by atoms with van der Waals surface area (Å²) < 4.78 is 83.8. The molecular formula is C22H38F6O2. The predicted octanol–water partition coefficient (Wildman–Crippen LogP) is 8.22. The topological polar surface area (TPSA) is 18.5 Å². The standard InChI is InChI=1S/C22H38F6O2/c1-17(2)9-6-10-18(3)11-7-12-19(4)13-8-14-20(5,29-15-21(23,24)25)30-16-22(26,27)28/h13,17-18H,6-12,14-16H2,1-5H3. The first-order valence-corrected chi connectivity index (χ1v) is 10.7. The van der Waals surface area contributed by atoms with E-state index in [1.54, 1.807) is 0 Å². The molecule has 0 saturated carbocycles. The van der Waals surface area contributed by atoms with Crippen LogP contribution >= 0.6 is 0 Å². The van der Waals surface area contributed by atoms with Crippen LogP contribution in [-0.2, 0) is 9.47 Å². The molecule has 0 N–H and O–H groups in total. The van der Waals surface area contributed by atoms with Crippen molar-refractivity contribution in [1.29, 1.82) is 0 Å². The molecule has 0 heterocycles. The first kappa shape index (κ1) is 29.2. The van der Waals surface area contributed by atoms with Crippen molar-refractivity contribution >= 4 is 0 Å². The molecule has 1 unspecified atom stereocenters. The third kappa shape index (κ3) is 18.0. The number of halogens is 6. The third-order valence-electron chi connectivity index (χ3n) is 4.92. The molecule has 0 fully saturated rings. The van der Waals surface area contributed by atoms with Gasteiger partial charge in [0, 0.05) is 6.42 Å². The van der Waals surface area contributed by atoms with E-state index in [2.05, 4.69) is 30.2 Å². The average Bonchev–Trinajstić information content (AvgIpc) is 2.57. The van der Waals surface area contributed by atoms with E-state index >= 15 is 0 Å². The number of rotatable bonds is 15. The maximum Gasteiger partial charge on any atom is 0.411 e. The fourth-order valence-corrected chi connectivity index (χ4v) is 3.09. The molecule has 0 rings (SSSR count). The van der Waals surface area contributed by atoms with Gasteiger partial charge in [0.05, 0.1) is 0 Å². The van der Waals surface area contributed by atoms with Crippen molar-refractivity contribution in [2.45, 2.75) is 104 Å². The van der Waals surface area contributed by atoms with Crippen LogP contribution in [0.1, 0.15) is 86.0 Å². The van der Waals surface area contributed by atoms with Crippen LogP contribution in [0.5, 0.6) is 0 Å². The maximum atomic E-state index is 12.4. The zero-order chi connectivity index (χ0) is 23.4. The summed E-state index contributed by atoms with van der Waals surface area (Å²) in [6.07, 6.45) is -0.621. The van der Waals surface area contributed by atoms with Crippen LogP contribution in [-0.4, -0.2) is 31.4 Å². The summed E-state index contributed by atoms with van der Waals surface area (Å²) in [7, 11) is 0. The number of ether oxygens (including phenoxy) is 2. The molecule has 0 radical (unpaired) electrons. The van der Waals surface area contributed by atoms with Crippen molar-refractivity contribution in [3.63, 3.8) is 0 Å². The Morgan fingerprint density at radius 1 is 0.833 bits per heavy atom. The molecule has 0 aliphatic rings. The number of alkyl halides is 6. The van der Waals surface area contributed by atoms with Crippen LogP contribution in [0.3, 0.4) is 0 Å². The van der Waals surface area contributed by atoms with E-state index in [1.807, 2.05) is 13.0 Å². The normalized spacial score (nSPS) is 15.1. The van der Waals surface area contributed by atoms with E-state index in [9.17, 15) is 26.3 Å². The average molecular weight is 449 g/mol. The minimum atomic E-state index is -4.64. The molecule has 0 bridgehead atoms. The van der Waals surface area contributed by atoms with Crippen molar-refractivity contribution < 1.29 is 35.8 Å². The van der Waals surface area contributed by atoms with Crippen molar-refractivity contribution in [2.24, 2.45) is 11.8 Å². The van der Waals surface area contributed by atoms with Gasteiger partial charge in [-0.05, 0) is 44.9 Å². The van der Waals surface area contributed by atoms with E-state index in [4.69, 9.17) is 0 Å². The minimum Gasteiger partial charge on any atom is -0.341 e. The van der Waals surface area contributed by atoms with Gasteiger partial charge in [0.1, 0.15) is 13.2 Å². The molecule has 0 spiro atoms. The van der Waals surface area contributed by atoms with Crippen LogP contribution in [0.4, 0.5) is 26.3 Å². The quantitative estimate of drug-likeness (QED) is 0.143. The van der Waals surface area contributed by atoms with Crippen molar-refractivity contribution in [3.05, 3.63) is 11.6 Å². The Bertz CT molecular complexity index is 465. The summed E-state index contributed by atoms with van der Waals surface area (Å²) in [4.78, 5) is 0. The zero-order valence-corrected chi connectivity index (χ0v) is 18.9. The second-order valence-corrected chi connectivity index (χ2v) is 8.85. The largest absolute Gasteiger partial charge is 0.411 e. The molecule has 180 valence electrons. The maximum absolute atomic E-state index is 12.4. The van der Waals surface area contributed by atoms with E-state index in [0.717, 1.165) is 31.8 Å². The van der Waals surface area contributed by atoms with Gasteiger partial charge in [-0.3, -0.25) is 0 Å². The monoisotopic (exact) mass is 448 g/mol. The molecule has 0 aromatic carbocycles. The summed E-state index contributed by atoms with van der Waals surface area (Å²) >= 11 is 0. The van der Waals surface area contributed by atoms with E-state index < -0.39 is 31.4 Å². The lowest BCUT2D eigenvalue weighted by atomic mass is 9.94. The molecular weight excluding hydrogens is 410 g/mol. The van der Waals surface area contributed by atoms with Gasteiger partial charge in [0.15, 0.2) is 5.79 Å². The Balaban J connectivity index is 4.44. The van der Waals surface area contributed by atoms with Gasteiger partial charge in [-0.25, -0.2) is 0 Å². The molecule has 8 heteroatoms. The highest BCUT2D eigenvalue weighted by Gasteiger charge is 2.38. The smallest absolute Gasteiger partial charge is 0.341 e. The second-order valence-electron chi connectivity index (χ2n) is 8.85. The van der Waals surface area contributed by atoms with Crippen molar-refractivity contribution in [1.82, 2.24) is 0 Å². The molecule has 0 amide bonds. The van der Waals surface area contributed by atoms with Crippen LogP contribution in [0.25, 0.3) is 0 Å². The molecule has 1 atom stereocenters. The highest BCUT2D eigenvalue weighted by atomic mass is 19.4.